The summed E-state index contributed by atoms with van der Waals surface area (Å²) in [5, 5.41) is 12.0. The Morgan fingerprint density at radius 2 is 1.79 bits per heavy atom. The molecule has 0 rings (SSSR count). The van der Waals surface area contributed by atoms with Gasteiger partial charge in [-0.3, -0.25) is 9.59 Å². The second kappa shape index (κ2) is 7.48. The fraction of sp³-hybridized carbons (Fsp3) is 0.857. The van der Waals surface area contributed by atoms with Crippen LogP contribution in [0.15, 0.2) is 0 Å². The lowest BCUT2D eigenvalue weighted by atomic mass is 9.89. The van der Waals surface area contributed by atoms with Crippen molar-refractivity contribution in [2.75, 3.05) is 20.6 Å². The number of amides is 1. The molecule has 1 amide bonds. The lowest BCUT2D eigenvalue weighted by Crippen LogP contribution is -2.44. The average molecular weight is 272 g/mol. The van der Waals surface area contributed by atoms with E-state index in [9.17, 15) is 9.59 Å². The number of nitrogens with one attached hydrogen (secondary N) is 1. The summed E-state index contributed by atoms with van der Waals surface area (Å²) in [4.78, 5) is 25.0. The van der Waals surface area contributed by atoms with Crippen molar-refractivity contribution in [3.05, 3.63) is 0 Å². The molecule has 1 unspecified atom stereocenters. The molecule has 0 saturated heterocycles. The lowest BCUT2D eigenvalue weighted by Gasteiger charge is -2.26. The van der Waals surface area contributed by atoms with Gasteiger partial charge in [0.15, 0.2) is 0 Å². The van der Waals surface area contributed by atoms with Crippen molar-refractivity contribution in [2.45, 2.75) is 46.6 Å². The molecule has 112 valence electrons. The molecule has 5 heteroatoms. The van der Waals surface area contributed by atoms with Crippen LogP contribution in [0.2, 0.25) is 0 Å². The fourth-order valence-electron chi connectivity index (χ4n) is 1.94. The highest BCUT2D eigenvalue weighted by Crippen LogP contribution is 2.20. The van der Waals surface area contributed by atoms with Gasteiger partial charge < -0.3 is 15.3 Å². The van der Waals surface area contributed by atoms with E-state index in [0.717, 1.165) is 13.0 Å². The summed E-state index contributed by atoms with van der Waals surface area (Å²) in [6.45, 7) is 8.11. The zero-order chi connectivity index (χ0) is 15.2. The summed E-state index contributed by atoms with van der Waals surface area (Å²) in [6.07, 6.45) is 0.891. The van der Waals surface area contributed by atoms with E-state index >= 15 is 0 Å². The Balaban J connectivity index is 4.50. The topological polar surface area (TPSA) is 69.6 Å². The molecule has 1 atom stereocenters. The molecule has 0 aromatic rings. The molecule has 0 bridgehead atoms. The third-order valence-corrected chi connectivity index (χ3v) is 2.89. The minimum atomic E-state index is -1.02. The number of rotatable bonds is 8. The van der Waals surface area contributed by atoms with Crippen LogP contribution in [0.1, 0.15) is 40.5 Å². The summed E-state index contributed by atoms with van der Waals surface area (Å²) >= 11 is 0. The molecule has 0 aliphatic heterocycles. The summed E-state index contributed by atoms with van der Waals surface area (Å²) in [7, 11) is 3.92. The largest absolute Gasteiger partial charge is 0.481 e. The van der Waals surface area contributed by atoms with E-state index in [1.54, 1.807) is 13.8 Å². The Hall–Kier alpha value is -1.10. The van der Waals surface area contributed by atoms with Gasteiger partial charge in [0.05, 0.1) is 5.41 Å². The highest BCUT2D eigenvalue weighted by Gasteiger charge is 2.30. The molecule has 0 aromatic heterocycles. The molecular formula is C14H28N2O3. The Morgan fingerprint density at radius 1 is 1.26 bits per heavy atom. The Kier molecular flexibility index (Phi) is 7.05. The molecule has 0 aliphatic rings. The van der Waals surface area contributed by atoms with Crippen LogP contribution in [0.5, 0.6) is 0 Å². The molecule has 0 heterocycles. The highest BCUT2D eigenvalue weighted by atomic mass is 16.4. The number of likely N-dealkylation sites (N-methyl/N-ethyl adjacent to an activating group) is 1. The number of aliphatic carboxylic acids is 1. The fourth-order valence-corrected chi connectivity index (χ4v) is 1.94. The monoisotopic (exact) mass is 272 g/mol. The van der Waals surface area contributed by atoms with Gasteiger partial charge in [0.1, 0.15) is 0 Å². The van der Waals surface area contributed by atoms with Crippen LogP contribution in [0.3, 0.4) is 0 Å². The number of carbonyl (C=O) groups excluding carboxylic acids is 1. The Labute approximate surface area is 116 Å². The predicted molar refractivity (Wildman–Crippen MR) is 76.0 cm³/mol. The van der Waals surface area contributed by atoms with Crippen molar-refractivity contribution in [2.24, 2.45) is 11.3 Å². The van der Waals surface area contributed by atoms with Crippen LogP contribution < -0.4 is 5.32 Å². The van der Waals surface area contributed by atoms with E-state index < -0.39 is 11.4 Å². The van der Waals surface area contributed by atoms with Gasteiger partial charge >= 0.3 is 5.97 Å². The van der Waals surface area contributed by atoms with E-state index in [1.165, 1.54) is 0 Å². The van der Waals surface area contributed by atoms with Gasteiger partial charge in [-0.25, -0.2) is 0 Å². The predicted octanol–water partition coefficient (Wildman–Crippen LogP) is 1.58. The first-order chi connectivity index (χ1) is 8.54. The molecule has 0 saturated carbocycles. The highest BCUT2D eigenvalue weighted by molar-refractivity contribution is 5.84. The van der Waals surface area contributed by atoms with Gasteiger partial charge in [0.25, 0.3) is 0 Å². The maximum atomic E-state index is 11.9. The molecule has 19 heavy (non-hydrogen) atoms. The van der Waals surface area contributed by atoms with Crippen molar-refractivity contribution < 1.29 is 14.7 Å². The van der Waals surface area contributed by atoms with Gasteiger partial charge in [0.2, 0.25) is 5.91 Å². The van der Waals surface area contributed by atoms with Gasteiger partial charge in [-0.05, 0) is 40.3 Å². The minimum Gasteiger partial charge on any atom is -0.481 e. The summed E-state index contributed by atoms with van der Waals surface area (Å²) in [5.41, 5.74) is -1.02. The van der Waals surface area contributed by atoms with Crippen LogP contribution in [0.25, 0.3) is 0 Å². The molecule has 0 radical (unpaired) electrons. The van der Waals surface area contributed by atoms with Gasteiger partial charge in [-0.15, -0.1) is 0 Å². The molecule has 5 nitrogen and oxygen atoms in total. The number of carbonyl (C=O) groups is 2. The van der Waals surface area contributed by atoms with Crippen molar-refractivity contribution in [1.82, 2.24) is 10.2 Å². The smallest absolute Gasteiger partial charge is 0.309 e. The molecule has 2 N–H and O–H groups in total. The number of carboxylic acid groups (broad SMARTS) is 1. The first-order valence-corrected chi connectivity index (χ1v) is 6.72. The second-order valence-electron chi connectivity index (χ2n) is 6.52. The number of nitrogens with zero attached hydrogens (tertiary/aromatic N) is 1. The normalized spacial score (nSPS) is 13.7. The number of carboxylic acids is 1. The van der Waals surface area contributed by atoms with E-state index in [0.29, 0.717) is 5.92 Å². The molecule has 0 aromatic carbocycles. The van der Waals surface area contributed by atoms with Gasteiger partial charge in [-0.1, -0.05) is 13.8 Å². The van der Waals surface area contributed by atoms with E-state index in [2.05, 4.69) is 19.2 Å². The summed E-state index contributed by atoms with van der Waals surface area (Å²) in [5.74, 6) is -0.659. The van der Waals surface area contributed by atoms with Crippen molar-refractivity contribution in [1.29, 1.82) is 0 Å². The van der Waals surface area contributed by atoms with Crippen LogP contribution in [0.4, 0.5) is 0 Å². The first-order valence-electron chi connectivity index (χ1n) is 6.72. The van der Waals surface area contributed by atoms with Crippen molar-refractivity contribution in [3.63, 3.8) is 0 Å². The number of hydrogen-bond donors (Lipinski definition) is 2. The first kappa shape index (κ1) is 17.9. The van der Waals surface area contributed by atoms with Crippen LogP contribution in [0, 0.1) is 11.3 Å². The van der Waals surface area contributed by atoms with Gasteiger partial charge in [0, 0.05) is 19.0 Å². The third-order valence-electron chi connectivity index (χ3n) is 2.89. The van der Waals surface area contributed by atoms with Crippen LogP contribution >= 0.6 is 0 Å². The molecule has 0 aliphatic carbocycles. The van der Waals surface area contributed by atoms with Gasteiger partial charge in [-0.2, -0.15) is 0 Å². The average Bonchev–Trinajstić information content (AvgIpc) is 2.12. The summed E-state index contributed by atoms with van der Waals surface area (Å²) in [6, 6.07) is 0.0621. The molecular weight excluding hydrogens is 244 g/mol. The third kappa shape index (κ3) is 7.82. The van der Waals surface area contributed by atoms with E-state index in [-0.39, 0.29) is 18.4 Å². The lowest BCUT2D eigenvalue weighted by molar-refractivity contribution is -0.149. The Bertz CT molecular complexity index is 302. The van der Waals surface area contributed by atoms with Crippen LogP contribution in [-0.4, -0.2) is 48.6 Å². The maximum Gasteiger partial charge on any atom is 0.309 e. The second-order valence-corrected chi connectivity index (χ2v) is 6.52. The maximum absolute atomic E-state index is 11.9. The standard InChI is InChI=1S/C14H28N2O3/c1-10(2)7-11(9-16(5)6)15-12(17)8-14(3,4)13(18)19/h10-11H,7-9H2,1-6H3,(H,15,17)(H,18,19). The van der Waals surface area contributed by atoms with E-state index in [1.807, 2.05) is 19.0 Å². The van der Waals surface area contributed by atoms with E-state index in [4.69, 9.17) is 5.11 Å². The molecule has 0 fully saturated rings. The quantitative estimate of drug-likeness (QED) is 0.704. The summed E-state index contributed by atoms with van der Waals surface area (Å²) < 4.78 is 0. The van der Waals surface area contributed by atoms with Crippen molar-refractivity contribution >= 4 is 11.9 Å². The minimum absolute atomic E-state index is 0.00432. The van der Waals surface area contributed by atoms with Crippen LogP contribution in [-0.2, 0) is 9.59 Å². The molecule has 0 spiro atoms. The zero-order valence-corrected chi connectivity index (χ0v) is 13.0. The number of hydrogen-bond acceptors (Lipinski definition) is 3. The zero-order valence-electron chi connectivity index (χ0n) is 13.0. The SMILES string of the molecule is CC(C)CC(CN(C)C)NC(=O)CC(C)(C)C(=O)O. The Morgan fingerprint density at radius 3 is 2.16 bits per heavy atom. The van der Waals surface area contributed by atoms with Crippen molar-refractivity contribution in [3.8, 4) is 0 Å².